The predicted molar refractivity (Wildman–Crippen MR) is 55.7 cm³/mol. The second-order valence-corrected chi connectivity index (χ2v) is 3.61. The second-order valence-electron chi connectivity index (χ2n) is 3.61. The van der Waals surface area contributed by atoms with Gasteiger partial charge >= 0.3 is 18.1 Å². The van der Waals surface area contributed by atoms with Crippen LogP contribution in [0.1, 0.15) is 0 Å². The third kappa shape index (κ3) is 3.29. The van der Waals surface area contributed by atoms with Crippen LogP contribution in [0, 0.1) is 0 Å². The molecule has 0 aliphatic carbocycles. The van der Waals surface area contributed by atoms with Crippen LogP contribution in [-0.4, -0.2) is 48.4 Å². The maximum atomic E-state index is 12.7. The molecule has 13 heteroatoms. The van der Waals surface area contributed by atoms with Crippen LogP contribution < -0.4 is 10.5 Å². The van der Waals surface area contributed by atoms with Crippen molar-refractivity contribution in [1.82, 2.24) is 29.7 Å². The summed E-state index contributed by atoms with van der Waals surface area (Å²) in [6, 6.07) is -0.795. The first-order valence-electron chi connectivity index (χ1n) is 5.13. The molecule has 0 amide bonds. The first-order chi connectivity index (χ1) is 9.69. The van der Waals surface area contributed by atoms with Crippen LogP contribution in [0.5, 0.6) is 6.01 Å². The molecule has 21 heavy (non-hydrogen) atoms. The van der Waals surface area contributed by atoms with Crippen molar-refractivity contribution in [3.05, 3.63) is 12.7 Å². The first-order valence-corrected chi connectivity index (χ1v) is 5.13. The number of hydrogen-bond acceptors (Lipinski definition) is 7. The zero-order chi connectivity index (χ0) is 15.7. The van der Waals surface area contributed by atoms with Crippen molar-refractivity contribution in [1.29, 1.82) is 0 Å². The van der Waals surface area contributed by atoms with Crippen LogP contribution in [0.3, 0.4) is 0 Å². The lowest BCUT2D eigenvalue weighted by atomic mass is 10.3. The SMILES string of the molecule is Nc1nc(OCC(F)(F)C(F)(F)F)nc(-n2cncn2)n1. The maximum Gasteiger partial charge on any atom is 0.456 e. The van der Waals surface area contributed by atoms with E-state index in [1.807, 2.05) is 0 Å². The number of ether oxygens (including phenoxy) is 1. The summed E-state index contributed by atoms with van der Waals surface area (Å²) in [5, 5.41) is 3.63. The minimum absolute atomic E-state index is 0.245. The normalized spacial score (nSPS) is 12.4. The van der Waals surface area contributed by atoms with E-state index in [9.17, 15) is 22.0 Å². The molecule has 114 valence electrons. The van der Waals surface area contributed by atoms with Gasteiger partial charge in [0, 0.05) is 0 Å². The van der Waals surface area contributed by atoms with Gasteiger partial charge in [0.05, 0.1) is 0 Å². The molecular formula is C8H6F5N7O. The van der Waals surface area contributed by atoms with Gasteiger partial charge < -0.3 is 10.5 Å². The van der Waals surface area contributed by atoms with Crippen molar-refractivity contribution in [3.8, 4) is 12.0 Å². The molecule has 2 aromatic rings. The minimum atomic E-state index is -5.75. The Morgan fingerprint density at radius 2 is 1.86 bits per heavy atom. The van der Waals surface area contributed by atoms with E-state index in [1.165, 1.54) is 0 Å². The molecule has 8 nitrogen and oxygen atoms in total. The lowest BCUT2D eigenvalue weighted by Crippen LogP contribution is -2.42. The number of halogens is 5. The first kappa shape index (κ1) is 14.8. The van der Waals surface area contributed by atoms with E-state index in [-0.39, 0.29) is 5.95 Å². The highest BCUT2D eigenvalue weighted by Crippen LogP contribution is 2.35. The van der Waals surface area contributed by atoms with Crippen LogP contribution >= 0.6 is 0 Å². The molecule has 0 fully saturated rings. The summed E-state index contributed by atoms with van der Waals surface area (Å²) in [5.74, 6) is -5.74. The van der Waals surface area contributed by atoms with Gasteiger partial charge in [0.2, 0.25) is 5.95 Å². The molecule has 0 spiro atoms. The summed E-state index contributed by atoms with van der Waals surface area (Å²) in [5.41, 5.74) is 5.28. The van der Waals surface area contributed by atoms with Crippen LogP contribution in [0.25, 0.3) is 5.95 Å². The van der Waals surface area contributed by atoms with E-state index < -0.39 is 30.7 Å². The molecule has 0 saturated carbocycles. The highest BCUT2D eigenvalue weighted by molar-refractivity contribution is 5.24. The zero-order valence-corrected chi connectivity index (χ0v) is 9.92. The third-order valence-corrected chi connectivity index (χ3v) is 2.04. The molecule has 0 aliphatic rings. The number of hydrogen-bond donors (Lipinski definition) is 1. The zero-order valence-electron chi connectivity index (χ0n) is 9.92. The molecule has 2 heterocycles. The lowest BCUT2D eigenvalue weighted by Gasteiger charge is -2.19. The molecule has 2 aromatic heterocycles. The summed E-state index contributed by atoms with van der Waals surface area (Å²) in [7, 11) is 0. The number of anilines is 1. The summed E-state index contributed by atoms with van der Waals surface area (Å²) >= 11 is 0. The van der Waals surface area contributed by atoms with E-state index >= 15 is 0 Å². The number of aromatic nitrogens is 6. The van der Waals surface area contributed by atoms with Gasteiger partial charge in [0.15, 0.2) is 6.61 Å². The third-order valence-electron chi connectivity index (χ3n) is 2.04. The van der Waals surface area contributed by atoms with Gasteiger partial charge in [-0.2, -0.15) is 46.7 Å². The van der Waals surface area contributed by atoms with E-state index in [4.69, 9.17) is 5.73 Å². The molecule has 0 aliphatic heterocycles. The van der Waals surface area contributed by atoms with Gasteiger partial charge in [-0.1, -0.05) is 0 Å². The maximum absolute atomic E-state index is 12.7. The summed E-state index contributed by atoms with van der Waals surface area (Å²) < 4.78 is 66.6. The fraction of sp³-hybridized carbons (Fsp3) is 0.375. The monoisotopic (exact) mass is 311 g/mol. The molecular weight excluding hydrogens is 305 g/mol. The molecule has 0 aromatic carbocycles. The van der Waals surface area contributed by atoms with Crippen molar-refractivity contribution < 1.29 is 26.7 Å². The van der Waals surface area contributed by atoms with Crippen molar-refractivity contribution in [3.63, 3.8) is 0 Å². The Hall–Kier alpha value is -2.60. The quantitative estimate of drug-likeness (QED) is 0.825. The molecule has 2 N–H and O–H groups in total. The fourth-order valence-electron chi connectivity index (χ4n) is 1.08. The van der Waals surface area contributed by atoms with Crippen molar-refractivity contribution in [2.24, 2.45) is 0 Å². The van der Waals surface area contributed by atoms with Crippen LogP contribution in [0.4, 0.5) is 27.9 Å². The molecule has 0 radical (unpaired) electrons. The number of nitrogens with zero attached hydrogens (tertiary/aromatic N) is 6. The van der Waals surface area contributed by atoms with Crippen LogP contribution in [0.15, 0.2) is 12.7 Å². The average molecular weight is 311 g/mol. The molecule has 0 bridgehead atoms. The number of alkyl halides is 5. The Bertz CT molecular complexity index is 614. The van der Waals surface area contributed by atoms with E-state index in [2.05, 4.69) is 29.8 Å². The number of nitrogens with two attached hydrogens (primary N) is 1. The largest absolute Gasteiger partial charge is 0.456 e. The van der Waals surface area contributed by atoms with E-state index in [0.29, 0.717) is 0 Å². The smallest absolute Gasteiger partial charge is 0.456 e. The Kier molecular flexibility index (Phi) is 3.57. The summed E-state index contributed by atoms with van der Waals surface area (Å²) in [4.78, 5) is 14.0. The van der Waals surface area contributed by atoms with Crippen LogP contribution in [-0.2, 0) is 0 Å². The van der Waals surface area contributed by atoms with Gasteiger partial charge in [0.25, 0.3) is 5.95 Å². The van der Waals surface area contributed by atoms with Crippen LogP contribution in [0.2, 0.25) is 0 Å². The fourth-order valence-corrected chi connectivity index (χ4v) is 1.08. The topological polar surface area (TPSA) is 105 Å². The van der Waals surface area contributed by atoms with Crippen molar-refractivity contribution >= 4 is 5.95 Å². The molecule has 0 atom stereocenters. The highest BCUT2D eigenvalue weighted by atomic mass is 19.4. The standard InChI is InChI=1S/C8H6F5N7O/c9-7(10,8(11,12)13)1-21-6-18-4(14)17-5(19-6)20-3-15-2-16-20/h2-3H,1H2,(H2,14,17,18,19). The highest BCUT2D eigenvalue weighted by Gasteiger charge is 2.58. The minimum Gasteiger partial charge on any atom is -0.456 e. The van der Waals surface area contributed by atoms with E-state index in [0.717, 1.165) is 17.3 Å². The van der Waals surface area contributed by atoms with Gasteiger partial charge in [-0.25, -0.2) is 4.98 Å². The Labute approximate surface area is 112 Å². The lowest BCUT2D eigenvalue weighted by molar-refractivity contribution is -0.290. The molecule has 0 unspecified atom stereocenters. The number of rotatable bonds is 4. The Balaban J connectivity index is 2.18. The Morgan fingerprint density at radius 3 is 2.43 bits per heavy atom. The molecule has 0 saturated heterocycles. The van der Waals surface area contributed by atoms with Gasteiger partial charge in [-0.15, -0.1) is 0 Å². The predicted octanol–water partition coefficient (Wildman–Crippen LogP) is 0.611. The van der Waals surface area contributed by atoms with Gasteiger partial charge in [0.1, 0.15) is 12.7 Å². The van der Waals surface area contributed by atoms with Crippen molar-refractivity contribution in [2.75, 3.05) is 12.3 Å². The van der Waals surface area contributed by atoms with Crippen molar-refractivity contribution in [2.45, 2.75) is 12.1 Å². The molecule has 2 rings (SSSR count). The summed E-state index contributed by atoms with van der Waals surface area (Å²) in [6.45, 7) is -1.99. The van der Waals surface area contributed by atoms with Gasteiger partial charge in [-0.05, 0) is 0 Å². The summed E-state index contributed by atoms with van der Waals surface area (Å²) in [6.07, 6.45) is -3.47. The second kappa shape index (κ2) is 5.06. The van der Waals surface area contributed by atoms with E-state index in [1.54, 1.807) is 0 Å². The average Bonchev–Trinajstić information content (AvgIpc) is 2.88. The van der Waals surface area contributed by atoms with Gasteiger partial charge in [-0.3, -0.25) is 0 Å². The number of nitrogen functional groups attached to an aromatic ring is 1. The Morgan fingerprint density at radius 1 is 1.14 bits per heavy atom.